The molecule has 13 heteroatoms. The highest BCUT2D eigenvalue weighted by molar-refractivity contribution is 6.30. The maximum atomic E-state index is 13.4. The van der Waals surface area contributed by atoms with Gasteiger partial charge >= 0.3 is 12.1 Å². The lowest BCUT2D eigenvalue weighted by Crippen LogP contribution is -2.70. The number of nitrogens with zero attached hydrogens (tertiary/aromatic N) is 5. The molecule has 4 rings (SSSR count). The van der Waals surface area contributed by atoms with Crippen LogP contribution in [0.4, 0.5) is 15.3 Å². The number of ether oxygens (including phenoxy) is 1. The summed E-state index contributed by atoms with van der Waals surface area (Å²) in [6, 6.07) is 15.8. The number of benzene rings is 2. The number of amides is 5. The van der Waals surface area contributed by atoms with E-state index in [4.69, 9.17) is 22.2 Å². The van der Waals surface area contributed by atoms with Gasteiger partial charge in [0.05, 0.1) is 19.2 Å². The van der Waals surface area contributed by atoms with E-state index in [0.717, 1.165) is 21.2 Å². The lowest BCUT2D eigenvalue weighted by atomic mass is 10.2. The molecule has 3 N–H and O–H groups in total. The molecule has 0 radical (unpaired) electrons. The minimum absolute atomic E-state index is 0.0621. The van der Waals surface area contributed by atoms with Crippen LogP contribution in [0.15, 0.2) is 72.0 Å². The number of hydrogen-bond acceptors (Lipinski definition) is 8. The Kier molecular flexibility index (Phi) is 8.14. The molecule has 2 aromatic carbocycles. The van der Waals surface area contributed by atoms with Gasteiger partial charge in [0.2, 0.25) is 6.29 Å². The van der Waals surface area contributed by atoms with Gasteiger partial charge in [-0.1, -0.05) is 23.7 Å². The fourth-order valence-corrected chi connectivity index (χ4v) is 3.81. The zero-order valence-corrected chi connectivity index (χ0v) is 21.0. The number of pyridine rings is 1. The summed E-state index contributed by atoms with van der Waals surface area (Å²) in [4.78, 5) is 54.5. The first-order valence-electron chi connectivity index (χ1n) is 11.5. The molecule has 1 atom stereocenters. The maximum absolute atomic E-state index is 13.4. The van der Waals surface area contributed by atoms with Gasteiger partial charge in [-0.2, -0.15) is 0 Å². The zero-order valence-electron chi connectivity index (χ0n) is 20.3. The SMILES string of the molecule is Cc1ccc(Oc2ccc(NC3N(N)C(=O)N(CCC(=O)N=O)C(=O)N3Cc3ccc(Cl)cc3)cc2)cn1. The number of urea groups is 2. The number of rotatable bonds is 9. The number of aryl methyl sites for hydroxylation is 1. The molecular formula is C25H24ClN7O5. The molecule has 0 spiro atoms. The maximum Gasteiger partial charge on any atom is 0.345 e. The fourth-order valence-electron chi connectivity index (χ4n) is 3.69. The zero-order chi connectivity index (χ0) is 27.2. The van der Waals surface area contributed by atoms with Crippen molar-refractivity contribution in [1.29, 1.82) is 0 Å². The number of anilines is 1. The Morgan fingerprint density at radius 3 is 2.37 bits per heavy atom. The summed E-state index contributed by atoms with van der Waals surface area (Å²) in [5.74, 6) is 6.28. The molecule has 1 fully saturated rings. The Bertz CT molecular complexity index is 1320. The van der Waals surface area contributed by atoms with Crippen LogP contribution in [0.5, 0.6) is 11.5 Å². The average Bonchev–Trinajstić information content (AvgIpc) is 2.92. The van der Waals surface area contributed by atoms with Crippen molar-refractivity contribution in [3.8, 4) is 11.5 Å². The predicted molar refractivity (Wildman–Crippen MR) is 139 cm³/mol. The smallest absolute Gasteiger partial charge is 0.345 e. The van der Waals surface area contributed by atoms with E-state index in [0.29, 0.717) is 22.2 Å². The molecule has 5 amide bonds. The second kappa shape index (κ2) is 11.7. The second-order valence-electron chi connectivity index (χ2n) is 8.39. The molecule has 196 valence electrons. The molecular weight excluding hydrogens is 514 g/mol. The summed E-state index contributed by atoms with van der Waals surface area (Å²) >= 11 is 5.99. The van der Waals surface area contributed by atoms with Crippen LogP contribution in [0.2, 0.25) is 5.02 Å². The number of hydrogen-bond donors (Lipinski definition) is 2. The molecule has 0 saturated carbocycles. The largest absolute Gasteiger partial charge is 0.456 e. The van der Waals surface area contributed by atoms with Crippen LogP contribution in [0.25, 0.3) is 0 Å². The Balaban J connectivity index is 1.55. The number of halogens is 1. The highest BCUT2D eigenvalue weighted by Gasteiger charge is 2.43. The van der Waals surface area contributed by atoms with E-state index < -0.39 is 30.7 Å². The van der Waals surface area contributed by atoms with Gasteiger partial charge in [-0.25, -0.2) is 25.3 Å². The molecule has 38 heavy (non-hydrogen) atoms. The highest BCUT2D eigenvalue weighted by atomic mass is 35.5. The van der Waals surface area contributed by atoms with E-state index in [2.05, 4.69) is 15.5 Å². The first kappa shape index (κ1) is 26.5. The van der Waals surface area contributed by atoms with Crippen molar-refractivity contribution in [3.05, 3.63) is 88.0 Å². The third-order valence-corrected chi connectivity index (χ3v) is 5.93. The Labute approximate surface area is 222 Å². The van der Waals surface area contributed by atoms with Crippen LogP contribution in [-0.4, -0.2) is 50.6 Å². The number of carbonyl (C=O) groups is 3. The van der Waals surface area contributed by atoms with Crippen molar-refractivity contribution in [3.63, 3.8) is 0 Å². The van der Waals surface area contributed by atoms with Crippen molar-refractivity contribution >= 4 is 35.3 Å². The van der Waals surface area contributed by atoms with Crippen LogP contribution in [0, 0.1) is 11.8 Å². The Hall–Kier alpha value is -4.55. The monoisotopic (exact) mass is 537 g/mol. The summed E-state index contributed by atoms with van der Waals surface area (Å²) in [6.45, 7) is 1.59. The summed E-state index contributed by atoms with van der Waals surface area (Å²) in [5, 5.41) is 6.78. The van der Waals surface area contributed by atoms with Crippen LogP contribution in [0.1, 0.15) is 17.7 Å². The molecule has 12 nitrogen and oxygen atoms in total. The predicted octanol–water partition coefficient (Wildman–Crippen LogP) is 4.45. The summed E-state index contributed by atoms with van der Waals surface area (Å²) in [7, 11) is 0. The van der Waals surface area contributed by atoms with E-state index in [1.54, 1.807) is 60.8 Å². The van der Waals surface area contributed by atoms with Gasteiger partial charge in [0, 0.05) is 28.1 Å². The number of nitrogens with two attached hydrogens (primary N) is 1. The molecule has 1 aliphatic heterocycles. The van der Waals surface area contributed by atoms with Crippen molar-refractivity contribution in [2.75, 3.05) is 11.9 Å². The minimum atomic E-state index is -1.07. The van der Waals surface area contributed by atoms with Gasteiger partial charge in [-0.05, 0) is 61.0 Å². The summed E-state index contributed by atoms with van der Waals surface area (Å²) < 4.78 is 5.79. The van der Waals surface area contributed by atoms with Crippen LogP contribution >= 0.6 is 11.6 Å². The Morgan fingerprint density at radius 1 is 1.05 bits per heavy atom. The lowest BCUT2D eigenvalue weighted by Gasteiger charge is -2.45. The van der Waals surface area contributed by atoms with Crippen molar-refractivity contribution in [1.82, 2.24) is 19.8 Å². The van der Waals surface area contributed by atoms with Gasteiger partial charge < -0.3 is 10.1 Å². The summed E-state index contributed by atoms with van der Waals surface area (Å²) in [5.41, 5.74) is 2.14. The first-order chi connectivity index (χ1) is 18.2. The molecule has 3 aromatic rings. The number of carbonyl (C=O) groups excluding carboxylic acids is 3. The van der Waals surface area contributed by atoms with Crippen LogP contribution in [0.3, 0.4) is 0 Å². The second-order valence-corrected chi connectivity index (χ2v) is 8.83. The topological polar surface area (TPSA) is 151 Å². The number of nitroso groups, excluding NO2 is 1. The van der Waals surface area contributed by atoms with Crippen molar-refractivity contribution < 1.29 is 19.1 Å². The number of aromatic nitrogens is 1. The lowest BCUT2D eigenvalue weighted by molar-refractivity contribution is -0.118. The van der Waals surface area contributed by atoms with Gasteiger partial charge in [0.1, 0.15) is 11.5 Å². The van der Waals surface area contributed by atoms with E-state index in [9.17, 15) is 19.3 Å². The normalized spacial score (nSPS) is 15.4. The van der Waals surface area contributed by atoms with E-state index in [1.807, 2.05) is 13.0 Å². The number of imide groups is 1. The molecule has 1 saturated heterocycles. The third kappa shape index (κ3) is 6.22. The average molecular weight is 538 g/mol. The molecule has 1 aromatic heterocycles. The molecule has 0 aliphatic carbocycles. The minimum Gasteiger partial charge on any atom is -0.456 e. The molecule has 1 aliphatic rings. The van der Waals surface area contributed by atoms with Crippen LogP contribution < -0.4 is 15.9 Å². The van der Waals surface area contributed by atoms with E-state index in [1.165, 1.54) is 4.90 Å². The standard InChI is InChI=1S/C25H24ClN7O5/c1-16-2-9-21(14-28-16)38-20-10-7-19(8-11-20)29-23-32(15-17-3-5-18(26)6-4-17)24(35)31(25(36)33(23)27)13-12-22(34)30-37/h2-11,14,23,29H,12-13,15,27H2,1H3. The number of nitrogens with one attached hydrogen (secondary N) is 1. The third-order valence-electron chi connectivity index (χ3n) is 5.67. The first-order valence-corrected chi connectivity index (χ1v) is 11.9. The molecule has 1 unspecified atom stereocenters. The summed E-state index contributed by atoms with van der Waals surface area (Å²) in [6.07, 6.45) is 0.126. The molecule has 2 heterocycles. The van der Waals surface area contributed by atoms with Crippen LogP contribution in [-0.2, 0) is 11.3 Å². The van der Waals surface area contributed by atoms with Gasteiger partial charge in [0.25, 0.3) is 5.91 Å². The number of hydrazine groups is 1. The molecule has 0 bridgehead atoms. The van der Waals surface area contributed by atoms with Crippen molar-refractivity contribution in [2.24, 2.45) is 11.0 Å². The van der Waals surface area contributed by atoms with Gasteiger partial charge in [0.15, 0.2) is 0 Å². The highest BCUT2D eigenvalue weighted by Crippen LogP contribution is 2.26. The van der Waals surface area contributed by atoms with E-state index in [-0.39, 0.29) is 13.1 Å². The van der Waals surface area contributed by atoms with Gasteiger partial charge in [-0.3, -0.25) is 14.7 Å². The van der Waals surface area contributed by atoms with Crippen molar-refractivity contribution in [2.45, 2.75) is 26.2 Å². The van der Waals surface area contributed by atoms with Gasteiger partial charge in [-0.15, -0.1) is 4.91 Å². The Morgan fingerprint density at radius 2 is 1.74 bits per heavy atom. The van der Waals surface area contributed by atoms with E-state index >= 15 is 0 Å². The quantitative estimate of drug-likeness (QED) is 0.231. The fraction of sp³-hybridized carbons (Fsp3) is 0.200.